The second-order valence-corrected chi connectivity index (χ2v) is 3.87. The summed E-state index contributed by atoms with van der Waals surface area (Å²) in [5.41, 5.74) is 0.670. The van der Waals surface area contributed by atoms with Gasteiger partial charge in [-0.05, 0) is 23.4 Å². The van der Waals surface area contributed by atoms with E-state index in [9.17, 15) is 5.11 Å². The summed E-state index contributed by atoms with van der Waals surface area (Å²) in [5.74, 6) is 0.877. The topological polar surface area (TPSA) is 62.4 Å². The fraction of sp³-hybridized carbons (Fsp3) is 0.200. The van der Waals surface area contributed by atoms with Gasteiger partial charge in [0.2, 0.25) is 0 Å². The highest BCUT2D eigenvalue weighted by Gasteiger charge is 2.11. The van der Waals surface area contributed by atoms with Crippen LogP contribution < -0.4 is 4.90 Å². The van der Waals surface area contributed by atoms with E-state index >= 15 is 0 Å². The third-order valence-electron chi connectivity index (χ3n) is 2.01. The van der Waals surface area contributed by atoms with Crippen LogP contribution in [0.15, 0.2) is 22.7 Å². The standard InChI is InChI=1S/C10H10ClN3O2/c1-14(2)10-12-9(16-13-10)6-3-4-8(15)7(11)5-6/h3-5,15H,1-2H3. The van der Waals surface area contributed by atoms with Crippen LogP contribution in [0.4, 0.5) is 5.95 Å². The minimum absolute atomic E-state index is 0.0257. The molecule has 2 rings (SSSR count). The molecule has 16 heavy (non-hydrogen) atoms. The third kappa shape index (κ3) is 1.94. The van der Waals surface area contributed by atoms with Gasteiger partial charge in [-0.15, -0.1) is 0 Å². The molecule has 0 bridgehead atoms. The second kappa shape index (κ2) is 4.02. The van der Waals surface area contributed by atoms with Crippen molar-refractivity contribution in [1.82, 2.24) is 10.1 Å². The molecule has 0 saturated heterocycles. The number of benzene rings is 1. The zero-order valence-electron chi connectivity index (χ0n) is 8.81. The SMILES string of the molecule is CN(C)c1noc(-c2ccc(O)c(Cl)c2)n1. The first kappa shape index (κ1) is 10.8. The second-order valence-electron chi connectivity index (χ2n) is 3.46. The first-order chi connectivity index (χ1) is 7.58. The van der Waals surface area contributed by atoms with E-state index in [4.69, 9.17) is 16.1 Å². The van der Waals surface area contributed by atoms with E-state index in [0.29, 0.717) is 17.4 Å². The molecule has 6 heteroatoms. The molecule has 0 unspecified atom stereocenters. The average molecular weight is 240 g/mol. The number of nitrogens with zero attached hydrogens (tertiary/aromatic N) is 3. The van der Waals surface area contributed by atoms with E-state index in [0.717, 1.165) is 0 Å². The number of anilines is 1. The normalized spacial score (nSPS) is 10.4. The summed E-state index contributed by atoms with van der Waals surface area (Å²) in [6.07, 6.45) is 0. The van der Waals surface area contributed by atoms with Gasteiger partial charge in [-0.25, -0.2) is 0 Å². The number of aromatic nitrogens is 2. The van der Waals surface area contributed by atoms with Crippen molar-refractivity contribution in [1.29, 1.82) is 0 Å². The number of rotatable bonds is 2. The quantitative estimate of drug-likeness (QED) is 0.870. The Kier molecular flexibility index (Phi) is 2.70. The van der Waals surface area contributed by atoms with E-state index in [1.165, 1.54) is 6.07 Å². The van der Waals surface area contributed by atoms with Gasteiger partial charge in [0, 0.05) is 19.7 Å². The van der Waals surface area contributed by atoms with Crippen molar-refractivity contribution >= 4 is 17.5 Å². The Balaban J connectivity index is 2.39. The summed E-state index contributed by atoms with van der Waals surface area (Å²) >= 11 is 5.78. The Hall–Kier alpha value is -1.75. The first-order valence-corrected chi connectivity index (χ1v) is 4.95. The largest absolute Gasteiger partial charge is 0.506 e. The highest BCUT2D eigenvalue weighted by Crippen LogP contribution is 2.28. The maximum atomic E-state index is 9.28. The van der Waals surface area contributed by atoms with Gasteiger partial charge < -0.3 is 14.5 Å². The maximum Gasteiger partial charge on any atom is 0.265 e. The van der Waals surface area contributed by atoms with Crippen LogP contribution in [0.2, 0.25) is 5.02 Å². The summed E-state index contributed by atoms with van der Waals surface area (Å²) in [5, 5.41) is 13.3. The monoisotopic (exact) mass is 239 g/mol. The van der Waals surface area contributed by atoms with E-state index in [2.05, 4.69) is 10.1 Å². The fourth-order valence-corrected chi connectivity index (χ4v) is 1.34. The molecule has 0 radical (unpaired) electrons. The Labute approximate surface area is 97.3 Å². The van der Waals surface area contributed by atoms with Gasteiger partial charge in [-0.1, -0.05) is 11.6 Å². The molecule has 1 aromatic carbocycles. The molecule has 84 valence electrons. The smallest absolute Gasteiger partial charge is 0.265 e. The molecule has 0 atom stereocenters. The number of halogens is 1. The van der Waals surface area contributed by atoms with Crippen LogP contribution in [0.3, 0.4) is 0 Å². The highest BCUT2D eigenvalue weighted by molar-refractivity contribution is 6.32. The Morgan fingerprint density at radius 3 is 2.69 bits per heavy atom. The molecule has 1 N–H and O–H groups in total. The van der Waals surface area contributed by atoms with Gasteiger partial charge in [-0.3, -0.25) is 0 Å². The van der Waals surface area contributed by atoms with Crippen LogP contribution >= 0.6 is 11.6 Å². The molecule has 1 heterocycles. The van der Waals surface area contributed by atoms with E-state index in [1.807, 2.05) is 14.1 Å². The van der Waals surface area contributed by atoms with Gasteiger partial charge >= 0.3 is 0 Å². The zero-order chi connectivity index (χ0) is 11.7. The lowest BCUT2D eigenvalue weighted by molar-refractivity contribution is 0.430. The number of hydrogen-bond acceptors (Lipinski definition) is 5. The number of hydrogen-bond donors (Lipinski definition) is 1. The van der Waals surface area contributed by atoms with Crippen molar-refractivity contribution in [2.45, 2.75) is 0 Å². The average Bonchev–Trinajstić information content (AvgIpc) is 2.71. The predicted molar refractivity (Wildman–Crippen MR) is 60.7 cm³/mol. The van der Waals surface area contributed by atoms with Crippen LogP contribution in [-0.2, 0) is 0 Å². The fourth-order valence-electron chi connectivity index (χ4n) is 1.15. The van der Waals surface area contributed by atoms with Gasteiger partial charge in [0.1, 0.15) is 5.75 Å². The van der Waals surface area contributed by atoms with E-state index in [-0.39, 0.29) is 10.8 Å². The molecule has 1 aromatic heterocycles. The molecule has 2 aromatic rings. The van der Waals surface area contributed by atoms with Crippen molar-refractivity contribution < 1.29 is 9.63 Å². The van der Waals surface area contributed by atoms with Crippen LogP contribution in [0.1, 0.15) is 0 Å². The summed E-state index contributed by atoms with van der Waals surface area (Å²) < 4.78 is 5.06. The maximum absolute atomic E-state index is 9.28. The Morgan fingerprint density at radius 1 is 1.38 bits per heavy atom. The van der Waals surface area contributed by atoms with E-state index < -0.39 is 0 Å². The Bertz CT molecular complexity index is 511. The van der Waals surface area contributed by atoms with Gasteiger partial charge in [0.15, 0.2) is 0 Å². The summed E-state index contributed by atoms with van der Waals surface area (Å²) in [6.45, 7) is 0. The summed E-state index contributed by atoms with van der Waals surface area (Å²) in [6, 6.07) is 4.72. The molecule has 5 nitrogen and oxygen atoms in total. The molecule has 0 aliphatic rings. The molecule has 0 aliphatic carbocycles. The van der Waals surface area contributed by atoms with Gasteiger partial charge in [-0.2, -0.15) is 4.98 Å². The third-order valence-corrected chi connectivity index (χ3v) is 2.31. The zero-order valence-corrected chi connectivity index (χ0v) is 9.56. The summed E-state index contributed by atoms with van der Waals surface area (Å²) in [7, 11) is 3.64. The molecule has 0 spiro atoms. The van der Waals surface area contributed by atoms with Crippen molar-refractivity contribution in [3.8, 4) is 17.2 Å². The lowest BCUT2D eigenvalue weighted by Gasteiger charge is -2.02. The van der Waals surface area contributed by atoms with Crippen molar-refractivity contribution in [2.24, 2.45) is 0 Å². The van der Waals surface area contributed by atoms with Crippen molar-refractivity contribution in [2.75, 3.05) is 19.0 Å². The van der Waals surface area contributed by atoms with Crippen LogP contribution in [0.25, 0.3) is 11.5 Å². The van der Waals surface area contributed by atoms with Gasteiger partial charge in [0.25, 0.3) is 11.8 Å². The van der Waals surface area contributed by atoms with E-state index in [1.54, 1.807) is 17.0 Å². The molecular weight excluding hydrogens is 230 g/mol. The minimum atomic E-state index is 0.0257. The molecule has 0 aliphatic heterocycles. The Morgan fingerprint density at radius 2 is 2.12 bits per heavy atom. The molecular formula is C10H10ClN3O2. The number of phenols is 1. The van der Waals surface area contributed by atoms with Crippen molar-refractivity contribution in [3.63, 3.8) is 0 Å². The van der Waals surface area contributed by atoms with Crippen LogP contribution in [-0.4, -0.2) is 29.3 Å². The minimum Gasteiger partial charge on any atom is -0.506 e. The number of phenolic OH excluding ortho intramolecular Hbond substituents is 1. The van der Waals surface area contributed by atoms with Crippen LogP contribution in [0, 0.1) is 0 Å². The number of aromatic hydroxyl groups is 1. The lowest BCUT2D eigenvalue weighted by Crippen LogP contribution is -2.09. The predicted octanol–water partition coefficient (Wildman–Crippen LogP) is 2.16. The molecule has 0 fully saturated rings. The summed E-state index contributed by atoms with van der Waals surface area (Å²) in [4.78, 5) is 5.89. The van der Waals surface area contributed by atoms with Gasteiger partial charge in [0.05, 0.1) is 5.02 Å². The lowest BCUT2D eigenvalue weighted by atomic mass is 10.2. The van der Waals surface area contributed by atoms with Crippen LogP contribution in [0.5, 0.6) is 5.75 Å². The first-order valence-electron chi connectivity index (χ1n) is 4.58. The molecule has 0 amide bonds. The van der Waals surface area contributed by atoms with Crippen molar-refractivity contribution in [3.05, 3.63) is 23.2 Å². The molecule has 0 saturated carbocycles. The highest BCUT2D eigenvalue weighted by atomic mass is 35.5.